The minimum absolute atomic E-state index is 0.0844. The van der Waals surface area contributed by atoms with Gasteiger partial charge in [-0.3, -0.25) is 19.2 Å². The Hall–Kier alpha value is -2.20. The van der Waals surface area contributed by atoms with Gasteiger partial charge in [0.1, 0.15) is 18.6 Å². The number of nitrogens with two attached hydrogens (primary N) is 1. The molecule has 0 aromatic rings. The van der Waals surface area contributed by atoms with Gasteiger partial charge in [0.2, 0.25) is 17.7 Å². The van der Waals surface area contributed by atoms with Crippen LogP contribution in [0.3, 0.4) is 0 Å². The van der Waals surface area contributed by atoms with Crippen molar-refractivity contribution < 1.29 is 29.4 Å². The number of carboxylic acids is 1. The lowest BCUT2D eigenvalue weighted by Crippen LogP contribution is -2.58. The Balaban J connectivity index is 2.80. The Bertz CT molecular complexity index is 551. The number of aliphatic hydroxyl groups excluding tert-OH is 1. The van der Waals surface area contributed by atoms with Crippen LogP contribution in [0.25, 0.3) is 0 Å². The van der Waals surface area contributed by atoms with E-state index in [0.717, 1.165) is 0 Å². The summed E-state index contributed by atoms with van der Waals surface area (Å²) in [6.07, 6.45) is -0.193. The first kappa shape index (κ1) is 21.8. The first-order valence-electron chi connectivity index (χ1n) is 8.60. The number of rotatable bonds is 8. The van der Waals surface area contributed by atoms with Crippen LogP contribution in [0.5, 0.6) is 0 Å². The predicted octanol–water partition coefficient (Wildman–Crippen LogP) is -1.97. The summed E-state index contributed by atoms with van der Waals surface area (Å²) < 4.78 is 0. The van der Waals surface area contributed by atoms with Crippen LogP contribution >= 0.6 is 0 Å². The zero-order valence-corrected chi connectivity index (χ0v) is 15.3. The van der Waals surface area contributed by atoms with Crippen molar-refractivity contribution in [1.29, 1.82) is 0 Å². The molecule has 0 aromatic heterocycles. The maximum Gasteiger partial charge on any atom is 0.322 e. The average Bonchev–Trinajstić information content (AvgIpc) is 3.05. The molecule has 6 N–H and O–H groups in total. The van der Waals surface area contributed by atoms with E-state index < -0.39 is 48.6 Å². The Morgan fingerprint density at radius 3 is 2.35 bits per heavy atom. The van der Waals surface area contributed by atoms with Crippen LogP contribution < -0.4 is 16.4 Å². The van der Waals surface area contributed by atoms with Gasteiger partial charge in [-0.2, -0.15) is 0 Å². The molecule has 1 rings (SSSR count). The molecule has 26 heavy (non-hydrogen) atoms. The highest BCUT2D eigenvalue weighted by molar-refractivity contribution is 5.94. The van der Waals surface area contributed by atoms with Gasteiger partial charge in [0.15, 0.2) is 0 Å². The third kappa shape index (κ3) is 5.67. The average molecular weight is 372 g/mol. The molecular weight excluding hydrogens is 344 g/mol. The highest BCUT2D eigenvalue weighted by Crippen LogP contribution is 2.20. The first-order chi connectivity index (χ1) is 12.1. The van der Waals surface area contributed by atoms with E-state index in [1.807, 2.05) is 13.8 Å². The minimum Gasteiger partial charge on any atom is -0.480 e. The second kappa shape index (κ2) is 9.48. The summed E-state index contributed by atoms with van der Waals surface area (Å²) in [5, 5.41) is 22.9. The van der Waals surface area contributed by atoms with E-state index in [0.29, 0.717) is 19.4 Å². The van der Waals surface area contributed by atoms with Crippen LogP contribution in [0.15, 0.2) is 0 Å². The summed E-state index contributed by atoms with van der Waals surface area (Å²) in [6.45, 7) is 4.68. The second-order valence-corrected chi connectivity index (χ2v) is 6.80. The molecule has 148 valence electrons. The molecule has 1 saturated heterocycles. The lowest BCUT2D eigenvalue weighted by Gasteiger charge is -2.29. The van der Waals surface area contributed by atoms with Crippen LogP contribution in [0.4, 0.5) is 0 Å². The molecule has 1 aliphatic rings. The molecule has 4 atom stereocenters. The largest absolute Gasteiger partial charge is 0.480 e. The lowest BCUT2D eigenvalue weighted by molar-refractivity contribution is -0.142. The monoisotopic (exact) mass is 372 g/mol. The maximum absolute atomic E-state index is 12.6. The van der Waals surface area contributed by atoms with Gasteiger partial charge < -0.3 is 31.5 Å². The Morgan fingerprint density at radius 1 is 1.23 bits per heavy atom. The summed E-state index contributed by atoms with van der Waals surface area (Å²) >= 11 is 0. The van der Waals surface area contributed by atoms with E-state index in [1.54, 1.807) is 0 Å². The summed E-state index contributed by atoms with van der Waals surface area (Å²) in [5.41, 5.74) is 5.89. The number of nitrogens with zero attached hydrogens (tertiary/aromatic N) is 1. The third-order valence-electron chi connectivity index (χ3n) is 4.32. The van der Waals surface area contributed by atoms with Gasteiger partial charge in [0.25, 0.3) is 0 Å². The number of hydrogen-bond donors (Lipinski definition) is 5. The number of carbonyl (C=O) groups excluding carboxylic acids is 3. The molecule has 0 aliphatic carbocycles. The van der Waals surface area contributed by atoms with Crippen molar-refractivity contribution in [3.63, 3.8) is 0 Å². The van der Waals surface area contributed by atoms with E-state index in [1.165, 1.54) is 11.8 Å². The van der Waals surface area contributed by atoms with Crippen molar-refractivity contribution in [2.24, 2.45) is 11.7 Å². The predicted molar refractivity (Wildman–Crippen MR) is 91.8 cm³/mol. The van der Waals surface area contributed by atoms with Crippen LogP contribution in [-0.2, 0) is 19.2 Å². The van der Waals surface area contributed by atoms with Gasteiger partial charge in [0, 0.05) is 6.54 Å². The molecule has 0 bridgehead atoms. The standard InChI is InChI=1S/C16H28N4O6/c1-8(2)12(17)16(26)20-6-4-5-10(20)14(24)19-13(9(3)21)15(25)18-7-11(22)23/h8-10,12-13,21H,4-7,17H2,1-3H3,(H,18,25)(H,19,24)(H,22,23). The van der Waals surface area contributed by atoms with Gasteiger partial charge in [-0.25, -0.2) is 0 Å². The fraction of sp³-hybridized carbons (Fsp3) is 0.750. The van der Waals surface area contributed by atoms with E-state index in [2.05, 4.69) is 10.6 Å². The number of hydrogen-bond acceptors (Lipinski definition) is 6. The molecule has 0 aromatic carbocycles. The molecule has 3 amide bonds. The van der Waals surface area contributed by atoms with Gasteiger partial charge >= 0.3 is 5.97 Å². The topological polar surface area (TPSA) is 162 Å². The zero-order chi connectivity index (χ0) is 20.0. The fourth-order valence-corrected chi connectivity index (χ4v) is 2.71. The number of likely N-dealkylation sites (tertiary alicyclic amines) is 1. The van der Waals surface area contributed by atoms with Gasteiger partial charge in [-0.1, -0.05) is 13.8 Å². The summed E-state index contributed by atoms with van der Waals surface area (Å²) in [6, 6.07) is -2.83. The highest BCUT2D eigenvalue weighted by Gasteiger charge is 2.38. The van der Waals surface area contributed by atoms with Crippen molar-refractivity contribution in [2.45, 2.75) is 57.8 Å². The molecule has 4 unspecified atom stereocenters. The second-order valence-electron chi connectivity index (χ2n) is 6.80. The number of nitrogens with one attached hydrogen (secondary N) is 2. The first-order valence-corrected chi connectivity index (χ1v) is 8.60. The smallest absolute Gasteiger partial charge is 0.322 e. The quantitative estimate of drug-likeness (QED) is 0.330. The molecule has 0 radical (unpaired) electrons. The van der Waals surface area contributed by atoms with Crippen LogP contribution in [-0.4, -0.2) is 76.1 Å². The van der Waals surface area contributed by atoms with Crippen LogP contribution in [0.2, 0.25) is 0 Å². The van der Waals surface area contributed by atoms with Gasteiger partial charge in [-0.05, 0) is 25.7 Å². The van der Waals surface area contributed by atoms with Crippen molar-refractivity contribution in [1.82, 2.24) is 15.5 Å². The molecule has 10 heteroatoms. The van der Waals surface area contributed by atoms with Crippen LogP contribution in [0.1, 0.15) is 33.6 Å². The normalized spacial score (nSPS) is 20.4. The van der Waals surface area contributed by atoms with Crippen molar-refractivity contribution in [3.8, 4) is 0 Å². The Labute approximate surface area is 152 Å². The molecular formula is C16H28N4O6. The molecule has 1 aliphatic heterocycles. The number of carboxylic acid groups (broad SMARTS) is 1. The molecule has 1 heterocycles. The third-order valence-corrected chi connectivity index (χ3v) is 4.32. The fourth-order valence-electron chi connectivity index (χ4n) is 2.71. The molecule has 10 nitrogen and oxygen atoms in total. The summed E-state index contributed by atoms with van der Waals surface area (Å²) in [5.74, 6) is -3.06. The van der Waals surface area contributed by atoms with E-state index in [9.17, 15) is 24.3 Å². The summed E-state index contributed by atoms with van der Waals surface area (Å²) in [7, 11) is 0. The number of amides is 3. The minimum atomic E-state index is -1.32. The van der Waals surface area contributed by atoms with Crippen LogP contribution in [0, 0.1) is 5.92 Å². The molecule has 0 spiro atoms. The lowest BCUT2D eigenvalue weighted by atomic mass is 10.0. The SMILES string of the molecule is CC(C)C(N)C(=O)N1CCCC1C(=O)NC(C(=O)NCC(=O)O)C(C)O. The molecule has 1 fully saturated rings. The Kier molecular flexibility index (Phi) is 7.97. The van der Waals surface area contributed by atoms with E-state index in [-0.39, 0.29) is 11.8 Å². The Morgan fingerprint density at radius 2 is 1.85 bits per heavy atom. The number of aliphatic hydroxyl groups is 1. The maximum atomic E-state index is 12.6. The van der Waals surface area contributed by atoms with E-state index in [4.69, 9.17) is 10.8 Å². The van der Waals surface area contributed by atoms with Crippen molar-refractivity contribution in [2.75, 3.05) is 13.1 Å². The summed E-state index contributed by atoms with van der Waals surface area (Å²) in [4.78, 5) is 49.0. The van der Waals surface area contributed by atoms with Gasteiger partial charge in [-0.15, -0.1) is 0 Å². The zero-order valence-electron chi connectivity index (χ0n) is 15.3. The van der Waals surface area contributed by atoms with E-state index >= 15 is 0 Å². The van der Waals surface area contributed by atoms with Gasteiger partial charge in [0.05, 0.1) is 12.1 Å². The number of aliphatic carboxylic acids is 1. The highest BCUT2D eigenvalue weighted by atomic mass is 16.4. The van der Waals surface area contributed by atoms with Crippen molar-refractivity contribution >= 4 is 23.7 Å². The molecule has 0 saturated carbocycles. The van der Waals surface area contributed by atoms with Crippen molar-refractivity contribution in [3.05, 3.63) is 0 Å². The number of carbonyl (C=O) groups is 4.